The molecule has 0 atom stereocenters. The van der Waals surface area contributed by atoms with Crippen LogP contribution in [0.4, 0.5) is 5.69 Å². The van der Waals surface area contributed by atoms with Crippen molar-refractivity contribution in [2.75, 3.05) is 24.6 Å². The number of hydrogen-bond donors (Lipinski definition) is 0. The summed E-state index contributed by atoms with van der Waals surface area (Å²) in [6.45, 7) is 11.0. The zero-order valence-corrected chi connectivity index (χ0v) is 19.5. The lowest BCUT2D eigenvalue weighted by atomic mass is 10.0. The van der Waals surface area contributed by atoms with E-state index in [2.05, 4.69) is 75.1 Å². The van der Waals surface area contributed by atoms with Crippen LogP contribution in [0.15, 0.2) is 72.8 Å². The molecule has 0 unspecified atom stereocenters. The summed E-state index contributed by atoms with van der Waals surface area (Å²) in [6.07, 6.45) is 1.97. The van der Waals surface area contributed by atoms with Crippen molar-refractivity contribution < 1.29 is 4.74 Å². The number of aryl methyl sites for hydroxylation is 1. The molecule has 0 amide bonds. The average Bonchev–Trinajstić information content (AvgIpc) is 2.82. The number of para-hydroxylation sites is 1. The van der Waals surface area contributed by atoms with Gasteiger partial charge in [0.2, 0.25) is 0 Å². The maximum absolute atomic E-state index is 9.62. The summed E-state index contributed by atoms with van der Waals surface area (Å²) >= 11 is 0. The van der Waals surface area contributed by atoms with Gasteiger partial charge in [0.1, 0.15) is 12.4 Å². The van der Waals surface area contributed by atoms with Crippen LogP contribution in [0.2, 0.25) is 0 Å². The number of likely N-dealkylation sites (N-methyl/N-ethyl adjacent to an activating group) is 1. The lowest BCUT2D eigenvalue weighted by Gasteiger charge is -2.24. The van der Waals surface area contributed by atoms with Gasteiger partial charge in [-0.1, -0.05) is 68.4 Å². The Morgan fingerprint density at radius 1 is 1.03 bits per heavy atom. The van der Waals surface area contributed by atoms with E-state index in [1.807, 2.05) is 42.5 Å². The van der Waals surface area contributed by atoms with E-state index < -0.39 is 0 Å². The van der Waals surface area contributed by atoms with E-state index in [1.165, 1.54) is 11.3 Å². The van der Waals surface area contributed by atoms with Gasteiger partial charge in [0.15, 0.2) is 0 Å². The summed E-state index contributed by atoms with van der Waals surface area (Å²) in [6, 6.07) is 26.8. The second kappa shape index (κ2) is 11.2. The number of allylic oxidation sites excluding steroid dienone is 1. The Kier molecular flexibility index (Phi) is 8.11. The van der Waals surface area contributed by atoms with Crippen molar-refractivity contribution in [2.24, 2.45) is 0 Å². The molecule has 3 rings (SSSR count). The molecule has 3 aromatic rings. The van der Waals surface area contributed by atoms with Crippen molar-refractivity contribution in [1.82, 2.24) is 0 Å². The van der Waals surface area contributed by atoms with Gasteiger partial charge in [0, 0.05) is 12.2 Å². The molecule has 0 aromatic heterocycles. The molecule has 0 N–H and O–H groups in total. The largest absolute Gasteiger partial charge is 0.491 e. The van der Waals surface area contributed by atoms with Crippen LogP contribution in [-0.2, 0) is 0 Å². The third-order valence-electron chi connectivity index (χ3n) is 5.67. The molecule has 0 saturated heterocycles. The van der Waals surface area contributed by atoms with Crippen LogP contribution < -0.4 is 9.64 Å². The molecule has 0 aliphatic carbocycles. The molecule has 32 heavy (non-hydrogen) atoms. The highest BCUT2D eigenvalue weighted by Crippen LogP contribution is 2.27. The Hall–Kier alpha value is -3.51. The van der Waals surface area contributed by atoms with Gasteiger partial charge in [0.25, 0.3) is 0 Å². The minimum absolute atomic E-state index is 0.436. The zero-order valence-electron chi connectivity index (χ0n) is 19.5. The fourth-order valence-corrected chi connectivity index (χ4v) is 3.80. The van der Waals surface area contributed by atoms with E-state index >= 15 is 0 Å². The molecular weight excluding hydrogens is 392 g/mol. The summed E-state index contributed by atoms with van der Waals surface area (Å²) < 4.78 is 6.14. The Morgan fingerprint density at radius 2 is 1.75 bits per heavy atom. The molecule has 164 valence electrons. The molecule has 0 radical (unpaired) electrons. The number of nitrogens with zero attached hydrogens (tertiary/aromatic N) is 2. The van der Waals surface area contributed by atoms with E-state index in [0.717, 1.165) is 35.5 Å². The summed E-state index contributed by atoms with van der Waals surface area (Å²) in [4.78, 5) is 2.32. The van der Waals surface area contributed by atoms with Crippen LogP contribution in [0.25, 0.3) is 11.6 Å². The van der Waals surface area contributed by atoms with Crippen molar-refractivity contribution in [3.8, 4) is 11.8 Å². The Labute approximate surface area is 192 Å². The fraction of sp³-hybridized carbons (Fsp3) is 0.276. The van der Waals surface area contributed by atoms with Crippen molar-refractivity contribution >= 4 is 17.3 Å². The summed E-state index contributed by atoms with van der Waals surface area (Å²) in [5.74, 6) is 1.41. The van der Waals surface area contributed by atoms with Gasteiger partial charge in [-0.3, -0.25) is 0 Å². The van der Waals surface area contributed by atoms with E-state index in [-0.39, 0.29) is 0 Å². The maximum Gasteiger partial charge on any atom is 0.122 e. The van der Waals surface area contributed by atoms with E-state index in [1.54, 1.807) is 0 Å². The van der Waals surface area contributed by atoms with Crippen LogP contribution >= 0.6 is 0 Å². The highest BCUT2D eigenvalue weighted by molar-refractivity contribution is 5.90. The normalized spacial score (nSPS) is 11.3. The predicted molar refractivity (Wildman–Crippen MR) is 135 cm³/mol. The molecule has 0 bridgehead atoms. The third kappa shape index (κ3) is 5.80. The number of anilines is 1. The predicted octanol–water partition coefficient (Wildman–Crippen LogP) is 7.09. The molecule has 3 aromatic carbocycles. The number of hydrogen-bond acceptors (Lipinski definition) is 3. The van der Waals surface area contributed by atoms with Crippen LogP contribution in [0.3, 0.4) is 0 Å². The first-order valence-corrected chi connectivity index (χ1v) is 11.3. The Morgan fingerprint density at radius 3 is 2.41 bits per heavy atom. The summed E-state index contributed by atoms with van der Waals surface area (Å²) in [5.41, 5.74) is 6.23. The minimum Gasteiger partial charge on any atom is -0.491 e. The molecule has 0 spiro atoms. The monoisotopic (exact) mass is 424 g/mol. The van der Waals surface area contributed by atoms with Crippen molar-refractivity contribution in [2.45, 2.75) is 33.6 Å². The quantitative estimate of drug-likeness (QED) is 0.272. The fourth-order valence-electron chi connectivity index (χ4n) is 3.80. The molecule has 0 heterocycles. The summed E-state index contributed by atoms with van der Waals surface area (Å²) in [5, 5.41) is 9.62. The smallest absolute Gasteiger partial charge is 0.122 e. The summed E-state index contributed by atoms with van der Waals surface area (Å²) in [7, 11) is 0. The SMILES string of the molecule is CCN(CCOc1ccccc1C(C)C)c1ccc(/C=C(\C#N)c2ccccc2)c(C)c1. The number of ether oxygens (including phenoxy) is 1. The lowest BCUT2D eigenvalue weighted by Crippen LogP contribution is -2.28. The van der Waals surface area contributed by atoms with Gasteiger partial charge < -0.3 is 9.64 Å². The van der Waals surface area contributed by atoms with Crippen molar-refractivity contribution in [3.63, 3.8) is 0 Å². The third-order valence-corrected chi connectivity index (χ3v) is 5.67. The first-order valence-electron chi connectivity index (χ1n) is 11.3. The van der Waals surface area contributed by atoms with Crippen LogP contribution in [0.1, 0.15) is 48.9 Å². The van der Waals surface area contributed by atoms with Gasteiger partial charge in [-0.25, -0.2) is 0 Å². The number of benzene rings is 3. The molecule has 3 nitrogen and oxygen atoms in total. The van der Waals surface area contributed by atoms with E-state index in [4.69, 9.17) is 4.74 Å². The maximum atomic E-state index is 9.62. The Balaban J connectivity index is 1.71. The highest BCUT2D eigenvalue weighted by atomic mass is 16.5. The van der Waals surface area contributed by atoms with Crippen LogP contribution in [0.5, 0.6) is 5.75 Å². The first kappa shape index (κ1) is 23.2. The van der Waals surface area contributed by atoms with Gasteiger partial charge in [-0.05, 0) is 66.3 Å². The molecule has 0 saturated carbocycles. The van der Waals surface area contributed by atoms with E-state index in [9.17, 15) is 5.26 Å². The van der Waals surface area contributed by atoms with Crippen molar-refractivity contribution in [1.29, 1.82) is 5.26 Å². The molecule has 3 heteroatoms. The average molecular weight is 425 g/mol. The van der Waals surface area contributed by atoms with Crippen molar-refractivity contribution in [3.05, 3.63) is 95.1 Å². The first-order chi connectivity index (χ1) is 15.5. The topological polar surface area (TPSA) is 36.3 Å². The zero-order chi connectivity index (χ0) is 22.9. The molecule has 0 aliphatic rings. The highest BCUT2D eigenvalue weighted by Gasteiger charge is 2.10. The number of nitriles is 1. The van der Waals surface area contributed by atoms with Gasteiger partial charge in [-0.15, -0.1) is 0 Å². The second-order valence-corrected chi connectivity index (χ2v) is 8.20. The number of rotatable bonds is 9. The van der Waals surface area contributed by atoms with Crippen LogP contribution in [0, 0.1) is 18.3 Å². The van der Waals surface area contributed by atoms with E-state index in [0.29, 0.717) is 18.1 Å². The minimum atomic E-state index is 0.436. The second-order valence-electron chi connectivity index (χ2n) is 8.20. The van der Waals surface area contributed by atoms with Gasteiger partial charge in [0.05, 0.1) is 18.2 Å². The molecule has 0 fully saturated rings. The molecule has 0 aliphatic heterocycles. The Bertz CT molecular complexity index is 1090. The standard InChI is InChI=1S/C29H32N2O/c1-5-31(17-18-32-29-14-10-9-13-28(29)22(2)3)27-16-15-25(23(4)19-27)20-26(21-30)24-11-7-6-8-12-24/h6-16,19-20,22H,5,17-18H2,1-4H3/b26-20+. The van der Waals surface area contributed by atoms with Gasteiger partial charge in [-0.2, -0.15) is 5.26 Å². The lowest BCUT2D eigenvalue weighted by molar-refractivity contribution is 0.319. The molecular formula is C29H32N2O. The van der Waals surface area contributed by atoms with Crippen LogP contribution in [-0.4, -0.2) is 19.7 Å². The van der Waals surface area contributed by atoms with Gasteiger partial charge >= 0.3 is 0 Å².